The monoisotopic (exact) mass is 733 g/mol. The molecule has 0 atom stereocenters. The van der Waals surface area contributed by atoms with Crippen LogP contribution in [0.15, 0.2) is 197 Å². The second-order valence-corrected chi connectivity index (χ2v) is 15.5. The largest absolute Gasteiger partial charge is 0.456 e. The average Bonchev–Trinajstić information content (AvgIpc) is 3.96. The van der Waals surface area contributed by atoms with Gasteiger partial charge in [-0.3, -0.25) is 0 Å². The molecule has 0 aliphatic rings. The van der Waals surface area contributed by atoms with Crippen LogP contribution in [-0.4, -0.2) is 0 Å². The lowest BCUT2D eigenvalue weighted by atomic mass is 9.98. The van der Waals surface area contributed by atoms with Crippen molar-refractivity contribution in [3.63, 3.8) is 0 Å². The third kappa shape index (κ3) is 4.70. The van der Waals surface area contributed by atoms with Gasteiger partial charge < -0.3 is 13.7 Å². The van der Waals surface area contributed by atoms with E-state index in [1.165, 1.54) is 36.7 Å². The Morgan fingerprint density at radius 2 is 0.964 bits per heavy atom. The highest BCUT2D eigenvalue weighted by molar-refractivity contribution is 7.25. The molecule has 0 saturated heterocycles. The lowest BCUT2D eigenvalue weighted by Crippen LogP contribution is -2.10. The van der Waals surface area contributed by atoms with Crippen LogP contribution in [0.1, 0.15) is 0 Å². The minimum Gasteiger partial charge on any atom is -0.456 e. The number of hydrogen-bond acceptors (Lipinski definition) is 4. The first kappa shape index (κ1) is 31.2. The van der Waals surface area contributed by atoms with Gasteiger partial charge in [-0.05, 0) is 82.7 Å². The summed E-state index contributed by atoms with van der Waals surface area (Å²) in [7, 11) is 0. The average molecular weight is 734 g/mol. The van der Waals surface area contributed by atoms with Crippen molar-refractivity contribution in [1.82, 2.24) is 0 Å². The van der Waals surface area contributed by atoms with Crippen molar-refractivity contribution in [1.29, 1.82) is 0 Å². The van der Waals surface area contributed by atoms with Crippen molar-refractivity contribution in [2.45, 2.75) is 0 Å². The van der Waals surface area contributed by atoms with Gasteiger partial charge in [0.05, 0.1) is 11.1 Å². The zero-order valence-electron chi connectivity index (χ0n) is 30.1. The molecular formula is C52H31NO2S. The molecule has 12 rings (SSSR count). The van der Waals surface area contributed by atoms with Gasteiger partial charge >= 0.3 is 0 Å². The fourth-order valence-electron chi connectivity index (χ4n) is 8.72. The summed E-state index contributed by atoms with van der Waals surface area (Å²) in [6.45, 7) is 0. The lowest BCUT2D eigenvalue weighted by molar-refractivity contribution is 0.669. The molecule has 0 aliphatic carbocycles. The van der Waals surface area contributed by atoms with Crippen molar-refractivity contribution in [3.8, 4) is 22.3 Å². The molecule has 0 fully saturated rings. The van der Waals surface area contributed by atoms with Gasteiger partial charge in [-0.1, -0.05) is 127 Å². The highest BCUT2D eigenvalue weighted by Gasteiger charge is 2.21. The molecule has 9 aromatic carbocycles. The van der Waals surface area contributed by atoms with Crippen LogP contribution in [-0.2, 0) is 0 Å². The molecule has 0 bridgehead atoms. The fourth-order valence-corrected chi connectivity index (χ4v) is 9.85. The summed E-state index contributed by atoms with van der Waals surface area (Å²) in [6, 6.07) is 67.2. The number of benzene rings is 9. The molecule has 12 aromatic rings. The maximum atomic E-state index is 6.72. The number of nitrogens with zero attached hydrogens (tertiary/aromatic N) is 1. The van der Waals surface area contributed by atoms with Crippen molar-refractivity contribution in [2.75, 3.05) is 4.90 Å². The van der Waals surface area contributed by atoms with Crippen molar-refractivity contribution < 1.29 is 8.83 Å². The second-order valence-electron chi connectivity index (χ2n) is 14.4. The molecule has 0 N–H and O–H groups in total. The van der Waals surface area contributed by atoms with E-state index < -0.39 is 0 Å². The SMILES string of the molecule is c1ccc2c(c1)ccc1c3cccc(-c4ccc(N(c5ccc(-c6cccc7sc8ccccc8c67)cc5)c5cccc6oc7ccccc7c56)cc4)c3oc21. The van der Waals surface area contributed by atoms with Crippen molar-refractivity contribution in [3.05, 3.63) is 188 Å². The quantitative estimate of drug-likeness (QED) is 0.176. The van der Waals surface area contributed by atoms with Gasteiger partial charge in [0.25, 0.3) is 0 Å². The van der Waals surface area contributed by atoms with Gasteiger partial charge in [0.1, 0.15) is 22.3 Å². The molecule has 3 heterocycles. The van der Waals surface area contributed by atoms with Crippen LogP contribution in [0.2, 0.25) is 0 Å². The first-order valence-corrected chi connectivity index (χ1v) is 19.7. The first-order valence-electron chi connectivity index (χ1n) is 18.9. The van der Waals surface area contributed by atoms with E-state index in [2.05, 4.69) is 181 Å². The zero-order chi connectivity index (χ0) is 36.7. The van der Waals surface area contributed by atoms with Gasteiger partial charge in [-0.25, -0.2) is 0 Å². The third-order valence-electron chi connectivity index (χ3n) is 11.3. The van der Waals surface area contributed by atoms with E-state index in [9.17, 15) is 0 Å². The number of rotatable bonds is 5. The van der Waals surface area contributed by atoms with Crippen LogP contribution in [0.3, 0.4) is 0 Å². The smallest absolute Gasteiger partial charge is 0.143 e. The van der Waals surface area contributed by atoms with Gasteiger partial charge in [-0.2, -0.15) is 0 Å². The summed E-state index contributed by atoms with van der Waals surface area (Å²) in [4.78, 5) is 2.35. The van der Waals surface area contributed by atoms with Crippen LogP contribution in [0.25, 0.3) is 97.1 Å². The van der Waals surface area contributed by atoms with Crippen LogP contribution in [0, 0.1) is 0 Å². The van der Waals surface area contributed by atoms with Gasteiger partial charge in [0.15, 0.2) is 0 Å². The van der Waals surface area contributed by atoms with Gasteiger partial charge in [-0.15, -0.1) is 11.3 Å². The topological polar surface area (TPSA) is 29.5 Å². The van der Waals surface area contributed by atoms with E-state index in [-0.39, 0.29) is 0 Å². The highest BCUT2D eigenvalue weighted by Crippen LogP contribution is 2.46. The molecule has 4 heteroatoms. The zero-order valence-corrected chi connectivity index (χ0v) is 30.9. The van der Waals surface area contributed by atoms with Crippen LogP contribution >= 0.6 is 11.3 Å². The Labute approximate surface area is 325 Å². The van der Waals surface area contributed by atoms with E-state index in [1.54, 1.807) is 0 Å². The highest BCUT2D eigenvalue weighted by atomic mass is 32.1. The number of fused-ring (bicyclic) bond motifs is 11. The van der Waals surface area contributed by atoms with E-state index in [0.717, 1.165) is 77.5 Å². The predicted octanol–water partition coefficient (Wildman–Crippen LogP) is 15.8. The maximum Gasteiger partial charge on any atom is 0.143 e. The molecule has 3 nitrogen and oxygen atoms in total. The number of hydrogen-bond donors (Lipinski definition) is 0. The molecule has 0 saturated carbocycles. The minimum atomic E-state index is 0.863. The van der Waals surface area contributed by atoms with Crippen molar-refractivity contribution in [2.24, 2.45) is 0 Å². The third-order valence-corrected chi connectivity index (χ3v) is 12.4. The summed E-state index contributed by atoms with van der Waals surface area (Å²) in [5, 5.41) is 9.37. The molecule has 0 aliphatic heterocycles. The lowest BCUT2D eigenvalue weighted by Gasteiger charge is -2.26. The number of anilines is 3. The Hall–Kier alpha value is -7.14. The van der Waals surface area contributed by atoms with Crippen LogP contribution < -0.4 is 4.90 Å². The molecule has 0 unspecified atom stereocenters. The van der Waals surface area contributed by atoms with Gasteiger partial charge in [0, 0.05) is 58.7 Å². The second kappa shape index (κ2) is 12.2. The van der Waals surface area contributed by atoms with Crippen LogP contribution in [0.4, 0.5) is 17.1 Å². The summed E-state index contributed by atoms with van der Waals surface area (Å²) in [5.74, 6) is 0. The van der Waals surface area contributed by atoms with Crippen molar-refractivity contribution >= 4 is 103 Å². The molecule has 0 amide bonds. The summed E-state index contributed by atoms with van der Waals surface area (Å²) >= 11 is 1.85. The standard InChI is InChI=1S/C52H31NO2S/c1-2-11-38-32(10-1)26-31-41-40-16-7-15-39(51(40)55-52(38)41)34-24-29-36(30-25-34)53(44-17-9-19-46-50(44)42-12-3-5-18-45(42)54-46)35-27-22-33(23-28-35)37-14-8-21-48-49(37)43-13-4-6-20-47(43)56-48/h1-31H. The minimum absolute atomic E-state index is 0.863. The first-order chi connectivity index (χ1) is 27.8. The molecule has 262 valence electrons. The van der Waals surface area contributed by atoms with Gasteiger partial charge in [0.2, 0.25) is 0 Å². The number of para-hydroxylation sites is 2. The fraction of sp³-hybridized carbons (Fsp3) is 0. The Morgan fingerprint density at radius 3 is 1.80 bits per heavy atom. The summed E-state index contributed by atoms with van der Waals surface area (Å²) < 4.78 is 15.7. The normalized spacial score (nSPS) is 11.9. The van der Waals surface area contributed by atoms with E-state index >= 15 is 0 Å². The van der Waals surface area contributed by atoms with E-state index in [1.807, 2.05) is 23.5 Å². The Morgan fingerprint density at radius 1 is 0.357 bits per heavy atom. The van der Waals surface area contributed by atoms with E-state index in [4.69, 9.17) is 8.83 Å². The maximum absolute atomic E-state index is 6.72. The summed E-state index contributed by atoms with van der Waals surface area (Å²) in [5.41, 5.74) is 11.4. The number of thiophene rings is 1. The Bertz CT molecular complexity index is 3480. The molecule has 56 heavy (non-hydrogen) atoms. The predicted molar refractivity (Wildman–Crippen MR) is 237 cm³/mol. The summed E-state index contributed by atoms with van der Waals surface area (Å²) in [6.07, 6.45) is 0. The molecular weight excluding hydrogens is 703 g/mol. The van der Waals surface area contributed by atoms with E-state index in [0.29, 0.717) is 0 Å². The molecule has 3 aromatic heterocycles. The molecule has 0 spiro atoms. The Balaban J connectivity index is 1.01. The Kier molecular flexibility index (Phi) is 6.80. The number of furan rings is 2. The van der Waals surface area contributed by atoms with Crippen LogP contribution in [0.5, 0.6) is 0 Å². The molecule has 0 radical (unpaired) electrons.